The van der Waals surface area contributed by atoms with Crippen LogP contribution in [-0.4, -0.2) is 24.0 Å². The van der Waals surface area contributed by atoms with Crippen LogP contribution in [0.15, 0.2) is 22.7 Å². The molecule has 0 saturated heterocycles. The third kappa shape index (κ3) is 3.97. The maximum absolute atomic E-state index is 6.02. The topological polar surface area (TPSA) is 29.3 Å². The Kier molecular flexibility index (Phi) is 6.34. The van der Waals surface area contributed by atoms with E-state index in [9.17, 15) is 0 Å². The van der Waals surface area contributed by atoms with Gasteiger partial charge in [-0.1, -0.05) is 53.4 Å². The molecule has 112 valence electrons. The summed E-state index contributed by atoms with van der Waals surface area (Å²) in [7, 11) is 0. The van der Waals surface area contributed by atoms with Crippen LogP contribution in [0.5, 0.6) is 0 Å². The zero-order chi connectivity index (χ0) is 14.5. The monoisotopic (exact) mass is 358 g/mol. The molecule has 1 aromatic rings. The Morgan fingerprint density at radius 3 is 2.75 bits per heavy atom. The molecule has 0 heterocycles. The minimum atomic E-state index is 0.626. The van der Waals surface area contributed by atoms with Gasteiger partial charge in [-0.05, 0) is 49.5 Å². The number of nitrogens with two attached hydrogens (primary N) is 1. The van der Waals surface area contributed by atoms with E-state index < -0.39 is 0 Å². The van der Waals surface area contributed by atoms with Crippen molar-refractivity contribution in [2.75, 3.05) is 13.1 Å². The first kappa shape index (κ1) is 16.3. The van der Waals surface area contributed by atoms with Gasteiger partial charge in [0, 0.05) is 22.1 Å². The number of rotatable bonds is 5. The van der Waals surface area contributed by atoms with Gasteiger partial charge in [0.15, 0.2) is 0 Å². The molecule has 2 rings (SSSR count). The Labute approximate surface area is 135 Å². The zero-order valence-electron chi connectivity index (χ0n) is 12.1. The van der Waals surface area contributed by atoms with Gasteiger partial charge < -0.3 is 5.73 Å². The molecule has 2 N–H and O–H groups in total. The minimum absolute atomic E-state index is 0.626. The Balaban J connectivity index is 2.11. The summed E-state index contributed by atoms with van der Waals surface area (Å²) in [5, 5.41) is 0.779. The average molecular weight is 360 g/mol. The molecule has 2 atom stereocenters. The van der Waals surface area contributed by atoms with Crippen LogP contribution in [0, 0.1) is 5.92 Å². The Bertz CT molecular complexity index is 438. The van der Waals surface area contributed by atoms with Gasteiger partial charge in [-0.2, -0.15) is 0 Å². The van der Waals surface area contributed by atoms with Gasteiger partial charge in [-0.3, -0.25) is 4.90 Å². The maximum atomic E-state index is 6.02. The average Bonchev–Trinajstić information content (AvgIpc) is 2.46. The van der Waals surface area contributed by atoms with Crippen LogP contribution in [0.4, 0.5) is 0 Å². The van der Waals surface area contributed by atoms with Crippen molar-refractivity contribution < 1.29 is 0 Å². The Hall–Kier alpha value is -0.0900. The van der Waals surface area contributed by atoms with Crippen molar-refractivity contribution in [3.05, 3.63) is 33.3 Å². The highest BCUT2D eigenvalue weighted by Crippen LogP contribution is 2.30. The van der Waals surface area contributed by atoms with Crippen molar-refractivity contribution in [3.8, 4) is 0 Å². The second kappa shape index (κ2) is 7.79. The van der Waals surface area contributed by atoms with E-state index in [1.54, 1.807) is 0 Å². The highest BCUT2D eigenvalue weighted by Gasteiger charge is 2.28. The number of hydrogen-bond acceptors (Lipinski definition) is 2. The fraction of sp³-hybridized carbons (Fsp3) is 0.625. The lowest BCUT2D eigenvalue weighted by Gasteiger charge is -2.39. The predicted molar refractivity (Wildman–Crippen MR) is 90.0 cm³/mol. The molecule has 0 radical (unpaired) electrons. The van der Waals surface area contributed by atoms with Gasteiger partial charge in [0.2, 0.25) is 0 Å². The lowest BCUT2D eigenvalue weighted by atomic mass is 9.83. The summed E-state index contributed by atoms with van der Waals surface area (Å²) in [5.41, 5.74) is 7.28. The van der Waals surface area contributed by atoms with Crippen molar-refractivity contribution in [2.24, 2.45) is 11.7 Å². The zero-order valence-corrected chi connectivity index (χ0v) is 14.5. The number of halogens is 2. The van der Waals surface area contributed by atoms with E-state index in [-0.39, 0.29) is 0 Å². The normalized spacial score (nSPS) is 23.2. The Morgan fingerprint density at radius 2 is 2.10 bits per heavy atom. The lowest BCUT2D eigenvalue weighted by molar-refractivity contribution is 0.105. The second-order valence-corrected chi connectivity index (χ2v) is 6.94. The predicted octanol–water partition coefficient (Wildman–Crippen LogP) is 4.44. The van der Waals surface area contributed by atoms with E-state index in [0.29, 0.717) is 12.0 Å². The van der Waals surface area contributed by atoms with Crippen molar-refractivity contribution in [1.82, 2.24) is 4.90 Å². The number of nitrogens with zero attached hydrogens (tertiary/aromatic N) is 1. The van der Waals surface area contributed by atoms with E-state index in [4.69, 9.17) is 17.3 Å². The summed E-state index contributed by atoms with van der Waals surface area (Å²) in [4.78, 5) is 2.57. The smallest absolute Gasteiger partial charge is 0.0417 e. The highest BCUT2D eigenvalue weighted by atomic mass is 79.9. The largest absolute Gasteiger partial charge is 0.330 e. The lowest BCUT2D eigenvalue weighted by Crippen LogP contribution is -2.44. The van der Waals surface area contributed by atoms with Crippen LogP contribution in [-0.2, 0) is 6.54 Å². The number of hydrogen-bond donors (Lipinski definition) is 1. The minimum Gasteiger partial charge on any atom is -0.330 e. The molecular formula is C16H24BrClN2. The molecule has 0 bridgehead atoms. The molecule has 1 aliphatic rings. The first-order valence-corrected chi connectivity index (χ1v) is 8.70. The van der Waals surface area contributed by atoms with Crippen LogP contribution in [0.1, 0.15) is 38.2 Å². The van der Waals surface area contributed by atoms with Crippen molar-refractivity contribution in [2.45, 2.75) is 45.2 Å². The molecule has 4 heteroatoms. The van der Waals surface area contributed by atoms with Crippen LogP contribution in [0.3, 0.4) is 0 Å². The van der Waals surface area contributed by atoms with E-state index in [1.807, 2.05) is 12.1 Å². The summed E-state index contributed by atoms with van der Waals surface area (Å²) < 4.78 is 1.10. The molecular weight excluding hydrogens is 336 g/mol. The summed E-state index contributed by atoms with van der Waals surface area (Å²) in [6.45, 7) is 5.08. The molecule has 1 fully saturated rings. The van der Waals surface area contributed by atoms with Gasteiger partial charge in [0.1, 0.15) is 0 Å². The van der Waals surface area contributed by atoms with Crippen molar-refractivity contribution >= 4 is 27.5 Å². The van der Waals surface area contributed by atoms with Gasteiger partial charge in [0.05, 0.1) is 0 Å². The van der Waals surface area contributed by atoms with Crippen molar-refractivity contribution in [1.29, 1.82) is 0 Å². The standard InChI is InChI=1S/C16H24BrClN2/c1-2-20(16-6-4-3-5-12(16)10-19)11-13-7-8-14(18)9-15(13)17/h7-9,12,16H,2-6,10-11,19H2,1H3. The second-order valence-electron chi connectivity index (χ2n) is 5.65. The third-order valence-electron chi connectivity index (χ3n) is 4.44. The molecule has 1 aliphatic carbocycles. The molecule has 2 unspecified atom stereocenters. The Morgan fingerprint density at radius 1 is 1.35 bits per heavy atom. The molecule has 0 aromatic heterocycles. The molecule has 0 spiro atoms. The summed E-state index contributed by atoms with van der Waals surface area (Å²) in [5.74, 6) is 0.648. The van der Waals surface area contributed by atoms with E-state index in [0.717, 1.165) is 29.1 Å². The van der Waals surface area contributed by atoms with Crippen LogP contribution < -0.4 is 5.73 Å². The van der Waals surface area contributed by atoms with Gasteiger partial charge in [0.25, 0.3) is 0 Å². The number of benzene rings is 1. The van der Waals surface area contributed by atoms with Crippen LogP contribution >= 0.6 is 27.5 Å². The van der Waals surface area contributed by atoms with E-state index in [1.165, 1.54) is 31.2 Å². The first-order chi connectivity index (χ1) is 9.65. The van der Waals surface area contributed by atoms with Gasteiger partial charge >= 0.3 is 0 Å². The molecule has 1 aromatic carbocycles. The van der Waals surface area contributed by atoms with E-state index >= 15 is 0 Å². The molecule has 2 nitrogen and oxygen atoms in total. The van der Waals surface area contributed by atoms with Crippen LogP contribution in [0.25, 0.3) is 0 Å². The maximum Gasteiger partial charge on any atom is 0.0417 e. The van der Waals surface area contributed by atoms with Gasteiger partial charge in [-0.25, -0.2) is 0 Å². The molecule has 20 heavy (non-hydrogen) atoms. The summed E-state index contributed by atoms with van der Waals surface area (Å²) in [6.07, 6.45) is 5.22. The van der Waals surface area contributed by atoms with Crippen molar-refractivity contribution in [3.63, 3.8) is 0 Å². The molecule has 1 saturated carbocycles. The fourth-order valence-electron chi connectivity index (χ4n) is 3.28. The highest BCUT2D eigenvalue weighted by molar-refractivity contribution is 9.10. The fourth-order valence-corrected chi connectivity index (χ4v) is 4.08. The third-order valence-corrected chi connectivity index (χ3v) is 5.41. The quantitative estimate of drug-likeness (QED) is 0.842. The van der Waals surface area contributed by atoms with E-state index in [2.05, 4.69) is 33.8 Å². The van der Waals surface area contributed by atoms with Gasteiger partial charge in [-0.15, -0.1) is 0 Å². The molecule has 0 amide bonds. The summed E-state index contributed by atoms with van der Waals surface area (Å²) in [6, 6.07) is 6.69. The molecule has 0 aliphatic heterocycles. The first-order valence-electron chi connectivity index (χ1n) is 7.53. The van der Waals surface area contributed by atoms with Crippen LogP contribution in [0.2, 0.25) is 5.02 Å². The summed E-state index contributed by atoms with van der Waals surface area (Å²) >= 11 is 9.65. The SMILES string of the molecule is CCN(Cc1ccc(Cl)cc1Br)C1CCCCC1CN.